The first kappa shape index (κ1) is 21.8. The molecule has 0 bridgehead atoms. The first-order valence-corrected chi connectivity index (χ1v) is 17.6. The minimum atomic E-state index is -2.02. The van der Waals surface area contributed by atoms with Crippen LogP contribution in [0.3, 0.4) is 0 Å². The molecule has 0 spiro atoms. The molecule has 1 nitrogen and oxygen atoms in total. The first-order valence-electron chi connectivity index (χ1n) is 9.94. The summed E-state index contributed by atoms with van der Waals surface area (Å²) in [4.78, 5) is 0. The second-order valence-corrected chi connectivity index (χ2v) is 21.0. The van der Waals surface area contributed by atoms with E-state index in [0.29, 0.717) is 0 Å². The summed E-state index contributed by atoms with van der Waals surface area (Å²) in [5, 5.41) is 4.03. The molecule has 0 aromatic rings. The Kier molecular flexibility index (Phi) is 14.9. The summed E-state index contributed by atoms with van der Waals surface area (Å²) in [5.74, 6) is 0. The molecular weight excluding hydrogens is 361 g/mol. The first-order chi connectivity index (χ1) is 10.2. The Hall–Kier alpha value is 0.759. The van der Waals surface area contributed by atoms with Crippen LogP contribution in [0, 0.1) is 0 Å². The van der Waals surface area contributed by atoms with Crippen molar-refractivity contribution >= 4 is 18.4 Å². The molecule has 0 aliphatic carbocycles. The predicted molar refractivity (Wildman–Crippen MR) is 102 cm³/mol. The molecule has 1 atom stereocenters. The van der Waals surface area contributed by atoms with Crippen LogP contribution in [0.25, 0.3) is 0 Å². The fourth-order valence-corrected chi connectivity index (χ4v) is 22.0. The Morgan fingerprint density at radius 2 is 1.10 bits per heavy atom. The van der Waals surface area contributed by atoms with Gasteiger partial charge in [-0.25, -0.2) is 0 Å². The molecule has 0 saturated carbocycles. The maximum atomic E-state index is 4.03. The van der Waals surface area contributed by atoms with Crippen molar-refractivity contribution in [1.29, 1.82) is 0 Å². The molecule has 0 amide bonds. The van der Waals surface area contributed by atoms with Crippen LogP contribution in [0.1, 0.15) is 92.4 Å². The van der Waals surface area contributed by atoms with Gasteiger partial charge in [0.1, 0.15) is 0 Å². The molecule has 0 fully saturated rings. The average molecular weight is 404 g/mol. The second kappa shape index (κ2) is 14.4. The average Bonchev–Trinajstić information content (AvgIpc) is 2.52. The van der Waals surface area contributed by atoms with Crippen molar-refractivity contribution < 1.29 is 0 Å². The van der Waals surface area contributed by atoms with E-state index in [4.69, 9.17) is 0 Å². The minimum absolute atomic E-state index is 0.940. The molecule has 21 heavy (non-hydrogen) atoms. The number of unbranched alkanes of at least 4 members (excludes halogenated alkanes) is 4. The van der Waals surface area contributed by atoms with E-state index in [1.807, 2.05) is 0 Å². The van der Waals surface area contributed by atoms with E-state index in [0.717, 1.165) is 4.06 Å². The quantitative estimate of drug-likeness (QED) is 0.241. The van der Waals surface area contributed by atoms with E-state index in [9.17, 15) is 0 Å². The van der Waals surface area contributed by atoms with Crippen molar-refractivity contribution in [2.45, 2.75) is 110 Å². The Labute approximate surface area is 139 Å². The van der Waals surface area contributed by atoms with Gasteiger partial charge in [-0.15, -0.1) is 0 Å². The molecule has 0 saturated heterocycles. The summed E-state index contributed by atoms with van der Waals surface area (Å²) in [6.07, 6.45) is 12.7. The molecule has 0 aliphatic heterocycles. The van der Waals surface area contributed by atoms with Gasteiger partial charge in [-0.3, -0.25) is 0 Å². The van der Waals surface area contributed by atoms with Crippen molar-refractivity contribution in [3.8, 4) is 0 Å². The third kappa shape index (κ3) is 8.83. The summed E-state index contributed by atoms with van der Waals surface area (Å²) in [5.41, 5.74) is 0. The van der Waals surface area contributed by atoms with E-state index in [1.54, 1.807) is 13.3 Å². The Bertz CT molecular complexity index is 196. The third-order valence-corrected chi connectivity index (χ3v) is 22.7. The van der Waals surface area contributed by atoms with Gasteiger partial charge in [-0.1, -0.05) is 0 Å². The molecule has 1 unspecified atom stereocenters. The van der Waals surface area contributed by atoms with Gasteiger partial charge in [-0.05, 0) is 0 Å². The molecule has 0 aromatic carbocycles. The third-order valence-electron chi connectivity index (χ3n) is 5.15. The van der Waals surface area contributed by atoms with E-state index in [-0.39, 0.29) is 0 Å². The van der Waals surface area contributed by atoms with Crippen molar-refractivity contribution in [3.05, 3.63) is 0 Å². The zero-order valence-electron chi connectivity index (χ0n) is 15.8. The zero-order chi connectivity index (χ0) is 16.0. The van der Waals surface area contributed by atoms with E-state index < -0.39 is 18.4 Å². The summed E-state index contributed by atoms with van der Waals surface area (Å²) < 4.78 is 5.87. The van der Waals surface area contributed by atoms with Gasteiger partial charge in [0.25, 0.3) is 0 Å². The summed E-state index contributed by atoms with van der Waals surface area (Å²) >= 11 is -2.02. The van der Waals surface area contributed by atoms with Gasteiger partial charge in [0, 0.05) is 0 Å². The molecule has 0 aliphatic rings. The van der Waals surface area contributed by atoms with Gasteiger partial charge in [-0.2, -0.15) is 0 Å². The van der Waals surface area contributed by atoms with Crippen molar-refractivity contribution in [1.82, 2.24) is 5.32 Å². The fourth-order valence-electron chi connectivity index (χ4n) is 3.73. The SMILES string of the molecule is CCCCN[CH](CC)[Sn]([CH2]CCC)([CH2]CCC)[CH2]CCC. The van der Waals surface area contributed by atoms with Crippen molar-refractivity contribution in [2.24, 2.45) is 0 Å². The van der Waals surface area contributed by atoms with Gasteiger partial charge >= 0.3 is 140 Å². The van der Waals surface area contributed by atoms with Crippen LogP contribution in [-0.2, 0) is 0 Å². The van der Waals surface area contributed by atoms with E-state index in [2.05, 4.69) is 39.9 Å². The molecule has 128 valence electrons. The van der Waals surface area contributed by atoms with Crippen LogP contribution in [0.2, 0.25) is 13.3 Å². The molecule has 0 radical (unpaired) electrons. The Morgan fingerprint density at radius 1 is 0.667 bits per heavy atom. The summed E-state index contributed by atoms with van der Waals surface area (Å²) in [6, 6.07) is 0. The van der Waals surface area contributed by atoms with Crippen LogP contribution in [0.4, 0.5) is 0 Å². The molecule has 2 heteroatoms. The van der Waals surface area contributed by atoms with Gasteiger partial charge in [0.05, 0.1) is 0 Å². The number of hydrogen-bond donors (Lipinski definition) is 1. The monoisotopic (exact) mass is 405 g/mol. The summed E-state index contributed by atoms with van der Waals surface area (Å²) in [6.45, 7) is 13.1. The fraction of sp³-hybridized carbons (Fsp3) is 1.00. The van der Waals surface area contributed by atoms with Crippen molar-refractivity contribution in [2.75, 3.05) is 6.54 Å². The van der Waals surface area contributed by atoms with Gasteiger partial charge in [0.15, 0.2) is 0 Å². The van der Waals surface area contributed by atoms with Crippen molar-refractivity contribution in [3.63, 3.8) is 0 Å². The van der Waals surface area contributed by atoms with Crippen LogP contribution < -0.4 is 5.32 Å². The van der Waals surface area contributed by atoms with E-state index >= 15 is 0 Å². The Balaban J connectivity index is 4.93. The van der Waals surface area contributed by atoms with Crippen LogP contribution >= 0.6 is 0 Å². The number of rotatable bonds is 15. The number of nitrogens with one attached hydrogen (secondary N) is 1. The molecule has 0 aromatic heterocycles. The molecule has 0 heterocycles. The zero-order valence-corrected chi connectivity index (χ0v) is 18.6. The molecule has 0 rings (SSSR count). The Morgan fingerprint density at radius 3 is 1.43 bits per heavy atom. The topological polar surface area (TPSA) is 12.0 Å². The molecular formula is C19H43NSn. The second-order valence-electron chi connectivity index (χ2n) is 6.94. The van der Waals surface area contributed by atoms with Crippen LogP contribution in [0.5, 0.6) is 0 Å². The standard InChI is InChI=1S/C7H16N.3C4H9.Sn/c1-3-5-7-8-6-4-2;3*1-3-4-2;/h6,8H,3-5,7H2,1-2H3;3*1,3-4H2,2H3;. The van der Waals surface area contributed by atoms with Gasteiger partial charge in [0.2, 0.25) is 0 Å². The van der Waals surface area contributed by atoms with Crippen LogP contribution in [-0.4, -0.2) is 29.0 Å². The summed E-state index contributed by atoms with van der Waals surface area (Å²) in [7, 11) is 0. The normalized spacial score (nSPS) is 13.6. The van der Waals surface area contributed by atoms with Crippen LogP contribution in [0.15, 0.2) is 0 Å². The maximum absolute atomic E-state index is 4.03. The van der Waals surface area contributed by atoms with E-state index in [1.165, 1.54) is 64.3 Å². The molecule has 1 N–H and O–H groups in total. The van der Waals surface area contributed by atoms with Gasteiger partial charge < -0.3 is 0 Å². The predicted octanol–water partition coefficient (Wildman–Crippen LogP) is 6.54. The number of hydrogen-bond acceptors (Lipinski definition) is 1.